The van der Waals surface area contributed by atoms with Crippen LogP contribution in [0.15, 0.2) is 58.2 Å². The summed E-state index contributed by atoms with van der Waals surface area (Å²) in [5, 5.41) is 1.12. The van der Waals surface area contributed by atoms with Crippen LogP contribution in [0.1, 0.15) is 39.1 Å². The van der Waals surface area contributed by atoms with E-state index in [1.54, 1.807) is 33.1 Å². The van der Waals surface area contributed by atoms with Gasteiger partial charge in [-0.15, -0.1) is 0 Å². The van der Waals surface area contributed by atoms with E-state index in [4.69, 9.17) is 16.6 Å². The lowest BCUT2D eigenvalue weighted by atomic mass is 10.1. The monoisotopic (exact) mass is 488 g/mol. The number of nitrogens with zero attached hydrogens (tertiary/aromatic N) is 4. The van der Waals surface area contributed by atoms with E-state index < -0.39 is 10.0 Å². The molecule has 0 amide bonds. The van der Waals surface area contributed by atoms with E-state index in [-0.39, 0.29) is 22.5 Å². The van der Waals surface area contributed by atoms with Crippen LogP contribution in [0.25, 0.3) is 10.9 Å². The number of sulfonamides is 1. The summed E-state index contributed by atoms with van der Waals surface area (Å²) in [5.41, 5.74) is 0.659. The molecule has 1 fully saturated rings. The minimum absolute atomic E-state index is 0.0337. The van der Waals surface area contributed by atoms with Gasteiger partial charge in [0.1, 0.15) is 5.82 Å². The lowest BCUT2D eigenvalue weighted by Gasteiger charge is -2.42. The lowest BCUT2D eigenvalue weighted by Crippen LogP contribution is -2.54. The number of para-hydroxylation sites is 1. The molecule has 1 aliphatic rings. The Morgan fingerprint density at radius 3 is 2.42 bits per heavy atom. The van der Waals surface area contributed by atoms with E-state index in [9.17, 15) is 13.2 Å². The van der Waals surface area contributed by atoms with E-state index in [1.807, 2.05) is 38.1 Å². The molecule has 1 saturated heterocycles. The van der Waals surface area contributed by atoms with Crippen LogP contribution in [0, 0.1) is 0 Å². The average Bonchev–Trinajstić information content (AvgIpc) is 2.80. The molecule has 0 radical (unpaired) electrons. The van der Waals surface area contributed by atoms with Gasteiger partial charge in [0.2, 0.25) is 10.0 Å². The molecule has 4 rings (SSSR count). The van der Waals surface area contributed by atoms with Gasteiger partial charge in [-0.1, -0.05) is 30.7 Å². The summed E-state index contributed by atoms with van der Waals surface area (Å²) in [6.45, 7) is 7.96. The van der Waals surface area contributed by atoms with Gasteiger partial charge in [0.25, 0.3) is 5.56 Å². The highest BCUT2D eigenvalue weighted by molar-refractivity contribution is 7.89. The third-order valence-corrected chi connectivity index (χ3v) is 8.63. The lowest BCUT2D eigenvalue weighted by molar-refractivity contribution is 0.0933. The van der Waals surface area contributed by atoms with Crippen LogP contribution in [0.3, 0.4) is 0 Å². The molecule has 0 bridgehead atoms. The normalized spacial score (nSPS) is 19.1. The van der Waals surface area contributed by atoms with E-state index in [2.05, 4.69) is 11.8 Å². The summed E-state index contributed by atoms with van der Waals surface area (Å²) in [4.78, 5) is 20.5. The number of aromatic nitrogens is 2. The van der Waals surface area contributed by atoms with Gasteiger partial charge in [-0.2, -0.15) is 4.31 Å². The van der Waals surface area contributed by atoms with Crippen molar-refractivity contribution in [3.8, 4) is 0 Å². The highest BCUT2D eigenvalue weighted by Crippen LogP contribution is 2.29. The molecule has 1 aliphatic heterocycles. The van der Waals surface area contributed by atoms with Crippen molar-refractivity contribution in [3.63, 3.8) is 0 Å². The van der Waals surface area contributed by atoms with E-state index in [0.717, 1.165) is 12.2 Å². The first kappa shape index (κ1) is 23.9. The standard InChI is InChI=1S/C24H29ClN4O3S/c1-4-22(23-26-21-9-7-6-8-20(21)24(30)28(23)5-2)27-14-15-29(17(3)16-27)33(31,32)19-12-10-18(25)11-13-19/h6-13,17,22H,4-5,14-16H2,1-3H3. The molecule has 9 heteroatoms. The SMILES string of the molecule is CCC(c1nc2ccccc2c(=O)n1CC)N1CCN(S(=O)(=O)c2ccc(Cl)cc2)C(C)C1. The van der Waals surface area contributed by atoms with Crippen LogP contribution in [-0.4, -0.2) is 52.9 Å². The first-order chi connectivity index (χ1) is 15.8. The van der Waals surface area contributed by atoms with Crippen LogP contribution in [0.2, 0.25) is 5.02 Å². The summed E-state index contributed by atoms with van der Waals surface area (Å²) in [6.07, 6.45) is 0.765. The molecule has 3 aromatic rings. The first-order valence-corrected chi connectivity index (χ1v) is 13.1. The van der Waals surface area contributed by atoms with Crippen molar-refractivity contribution in [2.45, 2.75) is 50.7 Å². The summed E-state index contributed by atoms with van der Waals surface area (Å²) >= 11 is 5.93. The minimum Gasteiger partial charge on any atom is -0.295 e. The van der Waals surface area contributed by atoms with Crippen molar-refractivity contribution in [3.05, 3.63) is 69.7 Å². The Hall–Kier alpha value is -2.26. The minimum atomic E-state index is -3.62. The first-order valence-electron chi connectivity index (χ1n) is 11.3. The van der Waals surface area contributed by atoms with Gasteiger partial charge in [-0.05, 0) is 56.7 Å². The van der Waals surface area contributed by atoms with Crippen LogP contribution < -0.4 is 5.56 Å². The largest absolute Gasteiger partial charge is 0.295 e. The second kappa shape index (κ2) is 9.54. The van der Waals surface area contributed by atoms with Gasteiger partial charge in [-0.3, -0.25) is 14.3 Å². The highest BCUT2D eigenvalue weighted by atomic mass is 35.5. The Labute approximate surface area is 199 Å². The van der Waals surface area contributed by atoms with Gasteiger partial charge >= 0.3 is 0 Å². The van der Waals surface area contributed by atoms with Gasteiger partial charge in [-0.25, -0.2) is 13.4 Å². The molecule has 0 aliphatic carbocycles. The quantitative estimate of drug-likeness (QED) is 0.525. The molecule has 0 saturated carbocycles. The number of rotatable bonds is 6. The maximum Gasteiger partial charge on any atom is 0.261 e. The third-order valence-electron chi connectivity index (χ3n) is 6.35. The Kier molecular flexibility index (Phi) is 6.91. The molecule has 2 heterocycles. The summed E-state index contributed by atoms with van der Waals surface area (Å²) < 4.78 is 29.7. The molecule has 176 valence electrons. The van der Waals surface area contributed by atoms with Crippen molar-refractivity contribution in [1.29, 1.82) is 0 Å². The number of halogens is 1. The van der Waals surface area contributed by atoms with E-state index in [1.165, 1.54) is 0 Å². The summed E-state index contributed by atoms with van der Waals surface area (Å²) in [7, 11) is -3.62. The van der Waals surface area contributed by atoms with Gasteiger partial charge in [0, 0.05) is 37.2 Å². The topological polar surface area (TPSA) is 75.5 Å². The van der Waals surface area contributed by atoms with Crippen molar-refractivity contribution in [2.24, 2.45) is 0 Å². The fourth-order valence-electron chi connectivity index (χ4n) is 4.70. The molecule has 0 N–H and O–H groups in total. The van der Waals surface area contributed by atoms with Crippen molar-refractivity contribution < 1.29 is 8.42 Å². The van der Waals surface area contributed by atoms with Gasteiger partial charge in [0.15, 0.2) is 0 Å². The number of piperazine rings is 1. The van der Waals surface area contributed by atoms with E-state index >= 15 is 0 Å². The van der Waals surface area contributed by atoms with Crippen molar-refractivity contribution in [1.82, 2.24) is 18.8 Å². The zero-order chi connectivity index (χ0) is 23.8. The molecule has 1 aromatic heterocycles. The maximum absolute atomic E-state index is 13.2. The Morgan fingerprint density at radius 1 is 1.09 bits per heavy atom. The average molecular weight is 489 g/mol. The smallest absolute Gasteiger partial charge is 0.261 e. The fourth-order valence-corrected chi connectivity index (χ4v) is 6.44. The zero-order valence-electron chi connectivity index (χ0n) is 19.1. The molecular weight excluding hydrogens is 460 g/mol. The number of hydrogen-bond donors (Lipinski definition) is 0. The molecular formula is C24H29ClN4O3S. The predicted molar refractivity (Wildman–Crippen MR) is 131 cm³/mol. The zero-order valence-corrected chi connectivity index (χ0v) is 20.7. The van der Waals surface area contributed by atoms with Gasteiger partial charge < -0.3 is 0 Å². The molecule has 2 unspecified atom stereocenters. The van der Waals surface area contributed by atoms with Crippen LogP contribution in [-0.2, 0) is 16.6 Å². The highest BCUT2D eigenvalue weighted by Gasteiger charge is 2.36. The summed E-state index contributed by atoms with van der Waals surface area (Å²) in [6, 6.07) is 13.4. The van der Waals surface area contributed by atoms with Crippen LogP contribution >= 0.6 is 11.6 Å². The third kappa shape index (κ3) is 4.45. The number of hydrogen-bond acceptors (Lipinski definition) is 5. The Balaban J connectivity index is 1.63. The van der Waals surface area contributed by atoms with E-state index in [0.29, 0.717) is 42.1 Å². The molecule has 2 atom stereocenters. The van der Waals surface area contributed by atoms with Crippen molar-refractivity contribution >= 4 is 32.5 Å². The molecule has 7 nitrogen and oxygen atoms in total. The second-order valence-corrected chi connectivity index (χ2v) is 10.7. The van der Waals surface area contributed by atoms with Crippen molar-refractivity contribution in [2.75, 3.05) is 19.6 Å². The second-order valence-electron chi connectivity index (χ2n) is 8.37. The van der Waals surface area contributed by atoms with Gasteiger partial charge in [0.05, 0.1) is 21.8 Å². The molecule has 0 spiro atoms. The molecule has 33 heavy (non-hydrogen) atoms. The Bertz CT molecular complexity index is 1310. The van der Waals surface area contributed by atoms with Crippen LogP contribution in [0.5, 0.6) is 0 Å². The Morgan fingerprint density at radius 2 is 1.79 bits per heavy atom. The van der Waals surface area contributed by atoms with Crippen LogP contribution in [0.4, 0.5) is 0 Å². The maximum atomic E-state index is 13.2. The number of benzene rings is 2. The number of fused-ring (bicyclic) bond motifs is 1. The summed E-state index contributed by atoms with van der Waals surface area (Å²) in [5.74, 6) is 0.741. The molecule has 2 aromatic carbocycles. The fraction of sp³-hybridized carbons (Fsp3) is 0.417. The predicted octanol–water partition coefficient (Wildman–Crippen LogP) is 3.92.